The van der Waals surface area contributed by atoms with E-state index in [1.54, 1.807) is 0 Å². The quantitative estimate of drug-likeness (QED) is 0.500. The maximum absolute atomic E-state index is 12.9. The second kappa shape index (κ2) is 8.50. The molecule has 4 heteroatoms. The predicted molar refractivity (Wildman–Crippen MR) is 116 cm³/mol. The summed E-state index contributed by atoms with van der Waals surface area (Å²) in [5.74, 6) is 0.883. The molecule has 0 spiro atoms. The number of halogens is 1. The van der Waals surface area contributed by atoms with Crippen LogP contribution >= 0.6 is 11.6 Å². The van der Waals surface area contributed by atoms with Gasteiger partial charge in [-0.2, -0.15) is 0 Å². The second-order valence-electron chi connectivity index (χ2n) is 7.98. The lowest BCUT2D eigenvalue weighted by Crippen LogP contribution is -2.33. The number of rotatable bonds is 6. The Balaban J connectivity index is 1.31. The monoisotopic (exact) mass is 394 g/mol. The molecule has 1 aliphatic heterocycles. The van der Waals surface area contributed by atoms with E-state index in [1.807, 2.05) is 36.0 Å². The van der Waals surface area contributed by atoms with E-state index in [0.717, 1.165) is 42.5 Å². The van der Waals surface area contributed by atoms with Crippen LogP contribution in [0.15, 0.2) is 54.7 Å². The highest BCUT2D eigenvalue weighted by Gasteiger charge is 2.21. The van der Waals surface area contributed by atoms with Crippen molar-refractivity contribution in [3.63, 3.8) is 0 Å². The third-order valence-electron chi connectivity index (χ3n) is 5.99. The molecule has 0 aliphatic carbocycles. The molecule has 0 atom stereocenters. The van der Waals surface area contributed by atoms with Crippen molar-refractivity contribution in [3.05, 3.63) is 70.9 Å². The Bertz CT molecular complexity index is 955. The third kappa shape index (κ3) is 4.31. The molecule has 0 amide bonds. The normalized spacial score (nSPS) is 15.9. The molecule has 4 rings (SSSR count). The Morgan fingerprint density at radius 1 is 1.11 bits per heavy atom. The summed E-state index contributed by atoms with van der Waals surface area (Å²) in [4.78, 5) is 15.4. The molecular formula is C24H27ClN2O. The van der Waals surface area contributed by atoms with E-state index >= 15 is 0 Å². The number of carbonyl (C=O) groups is 1. The zero-order valence-corrected chi connectivity index (χ0v) is 17.2. The summed E-state index contributed by atoms with van der Waals surface area (Å²) in [6.45, 7) is 3.28. The number of nitrogens with zero attached hydrogens (tertiary/aromatic N) is 2. The summed E-state index contributed by atoms with van der Waals surface area (Å²) >= 11 is 6.15. The fraction of sp³-hybridized carbons (Fsp3) is 0.375. The van der Waals surface area contributed by atoms with Crippen molar-refractivity contribution in [2.24, 2.45) is 13.0 Å². The van der Waals surface area contributed by atoms with Crippen LogP contribution in [0.4, 0.5) is 0 Å². The fourth-order valence-corrected chi connectivity index (χ4v) is 4.50. The Morgan fingerprint density at radius 3 is 2.61 bits per heavy atom. The minimum absolute atomic E-state index is 0.236. The van der Waals surface area contributed by atoms with Crippen molar-refractivity contribution in [3.8, 4) is 0 Å². The summed E-state index contributed by atoms with van der Waals surface area (Å²) in [5.41, 5.74) is 3.24. The fourth-order valence-electron chi connectivity index (χ4n) is 4.33. The molecule has 28 heavy (non-hydrogen) atoms. The number of aromatic nitrogens is 1. The first kappa shape index (κ1) is 19.2. The maximum atomic E-state index is 12.9. The molecule has 1 fully saturated rings. The lowest BCUT2D eigenvalue weighted by Gasteiger charge is -2.31. The highest BCUT2D eigenvalue weighted by Crippen LogP contribution is 2.28. The molecule has 3 nitrogen and oxygen atoms in total. The van der Waals surface area contributed by atoms with Gasteiger partial charge in [0.15, 0.2) is 5.78 Å². The van der Waals surface area contributed by atoms with Gasteiger partial charge in [-0.25, -0.2) is 0 Å². The average molecular weight is 395 g/mol. The molecule has 146 valence electrons. The van der Waals surface area contributed by atoms with E-state index in [2.05, 4.69) is 35.2 Å². The summed E-state index contributed by atoms with van der Waals surface area (Å²) in [7, 11) is 1.98. The van der Waals surface area contributed by atoms with Crippen molar-refractivity contribution in [1.82, 2.24) is 9.47 Å². The van der Waals surface area contributed by atoms with Crippen molar-refractivity contribution in [2.75, 3.05) is 13.1 Å². The molecule has 1 saturated heterocycles. The Morgan fingerprint density at radius 2 is 1.86 bits per heavy atom. The molecule has 3 aromatic rings. The van der Waals surface area contributed by atoms with Gasteiger partial charge in [-0.1, -0.05) is 41.9 Å². The van der Waals surface area contributed by atoms with Crippen LogP contribution in [-0.2, 0) is 13.6 Å². The second-order valence-corrected chi connectivity index (χ2v) is 8.42. The minimum Gasteiger partial charge on any atom is -0.350 e. The van der Waals surface area contributed by atoms with Crippen LogP contribution < -0.4 is 0 Å². The molecule has 0 bridgehead atoms. The lowest BCUT2D eigenvalue weighted by molar-refractivity contribution is 0.0963. The number of likely N-dealkylation sites (tertiary alicyclic amines) is 1. The number of aryl methyl sites for hydroxylation is 1. The number of carbonyl (C=O) groups excluding carboxylic acids is 1. The number of hydrogen-bond acceptors (Lipinski definition) is 2. The largest absolute Gasteiger partial charge is 0.350 e. The van der Waals surface area contributed by atoms with Gasteiger partial charge in [-0.3, -0.25) is 9.69 Å². The first-order chi connectivity index (χ1) is 13.6. The van der Waals surface area contributed by atoms with E-state index in [-0.39, 0.29) is 5.78 Å². The third-order valence-corrected chi connectivity index (χ3v) is 6.22. The smallest absolute Gasteiger partial charge is 0.165 e. The molecular weight excluding hydrogens is 368 g/mol. The topological polar surface area (TPSA) is 25.2 Å². The van der Waals surface area contributed by atoms with Crippen molar-refractivity contribution < 1.29 is 4.79 Å². The van der Waals surface area contributed by atoms with E-state index in [4.69, 9.17) is 11.6 Å². The summed E-state index contributed by atoms with van der Waals surface area (Å²) in [6, 6.07) is 16.4. The summed E-state index contributed by atoms with van der Waals surface area (Å²) < 4.78 is 2.01. The van der Waals surface area contributed by atoms with Gasteiger partial charge in [0.1, 0.15) is 0 Å². The van der Waals surface area contributed by atoms with Gasteiger partial charge in [0.2, 0.25) is 0 Å². The molecule has 0 radical (unpaired) electrons. The standard InChI is InChI=1S/C24H27ClN2O/c1-26-17-22(21-15-20(25)8-9-23(21)26)24(28)10-7-18-11-13-27(14-12-18)16-19-5-3-2-4-6-19/h2-6,8-9,15,17-18H,7,10-14,16H2,1H3. The van der Waals surface area contributed by atoms with Crippen LogP contribution in [0.25, 0.3) is 10.9 Å². The first-order valence-electron chi connectivity index (χ1n) is 10.1. The predicted octanol–water partition coefficient (Wildman–Crippen LogP) is 5.71. The van der Waals surface area contributed by atoms with Gasteiger partial charge >= 0.3 is 0 Å². The van der Waals surface area contributed by atoms with Gasteiger partial charge in [0, 0.05) is 47.7 Å². The first-order valence-corrected chi connectivity index (χ1v) is 10.5. The molecule has 2 aromatic carbocycles. The molecule has 0 N–H and O–H groups in total. The molecule has 0 unspecified atom stereocenters. The van der Waals surface area contributed by atoms with Gasteiger partial charge in [-0.15, -0.1) is 0 Å². The zero-order chi connectivity index (χ0) is 19.5. The Hall–Kier alpha value is -2.10. The molecule has 0 saturated carbocycles. The van der Waals surface area contributed by atoms with Crippen LogP contribution in [0.3, 0.4) is 0 Å². The maximum Gasteiger partial charge on any atom is 0.165 e. The highest BCUT2D eigenvalue weighted by molar-refractivity contribution is 6.31. The van der Waals surface area contributed by atoms with Crippen LogP contribution in [0.1, 0.15) is 41.6 Å². The minimum atomic E-state index is 0.236. The average Bonchev–Trinajstić information content (AvgIpc) is 3.04. The molecule has 1 aliphatic rings. The number of piperidine rings is 1. The molecule has 1 aromatic heterocycles. The summed E-state index contributed by atoms with van der Waals surface area (Å²) in [5, 5.41) is 1.65. The highest BCUT2D eigenvalue weighted by atomic mass is 35.5. The Kier molecular flexibility index (Phi) is 5.84. The SMILES string of the molecule is Cn1cc(C(=O)CCC2CCN(Cc3ccccc3)CC2)c2cc(Cl)ccc21. The van der Waals surface area contributed by atoms with Crippen molar-refractivity contribution in [1.29, 1.82) is 0 Å². The van der Waals surface area contributed by atoms with Crippen LogP contribution in [0.5, 0.6) is 0 Å². The number of ketones is 1. The van der Waals surface area contributed by atoms with Gasteiger partial charge in [0.05, 0.1) is 0 Å². The van der Waals surface area contributed by atoms with E-state index in [0.29, 0.717) is 17.4 Å². The zero-order valence-electron chi connectivity index (χ0n) is 16.4. The number of Topliss-reactive ketones (excluding diaryl/α,β-unsaturated/α-hetero) is 1. The number of benzene rings is 2. The van der Waals surface area contributed by atoms with Crippen molar-refractivity contribution >= 4 is 28.3 Å². The lowest BCUT2D eigenvalue weighted by atomic mass is 9.90. The van der Waals surface area contributed by atoms with Crippen LogP contribution in [0, 0.1) is 5.92 Å². The van der Waals surface area contributed by atoms with E-state index in [1.165, 1.54) is 18.4 Å². The van der Waals surface area contributed by atoms with E-state index < -0.39 is 0 Å². The van der Waals surface area contributed by atoms with Gasteiger partial charge in [0.25, 0.3) is 0 Å². The van der Waals surface area contributed by atoms with Gasteiger partial charge < -0.3 is 4.57 Å². The van der Waals surface area contributed by atoms with E-state index in [9.17, 15) is 4.79 Å². The summed E-state index contributed by atoms with van der Waals surface area (Å²) in [6.07, 6.45) is 5.92. The number of hydrogen-bond donors (Lipinski definition) is 0. The Labute approximate surface area is 171 Å². The number of fused-ring (bicyclic) bond motifs is 1. The van der Waals surface area contributed by atoms with Crippen LogP contribution in [-0.4, -0.2) is 28.3 Å². The van der Waals surface area contributed by atoms with Gasteiger partial charge in [-0.05, 0) is 62.0 Å². The molecule has 2 heterocycles. The van der Waals surface area contributed by atoms with Crippen LogP contribution in [0.2, 0.25) is 5.02 Å². The van der Waals surface area contributed by atoms with Crippen molar-refractivity contribution in [2.45, 2.75) is 32.2 Å².